The lowest BCUT2D eigenvalue weighted by molar-refractivity contribution is -0.163. The number of carbonyl (C=O) groups excluding carboxylic acids is 1. The lowest BCUT2D eigenvalue weighted by Gasteiger charge is -2.30. The maximum atomic E-state index is 12.1. The number of amides is 1. The van der Waals surface area contributed by atoms with Crippen molar-refractivity contribution in [1.82, 2.24) is 5.06 Å². The number of hydroxylamine groups is 2. The van der Waals surface area contributed by atoms with E-state index >= 15 is 0 Å². The third kappa shape index (κ3) is 3.75. The SMILES string of the molecule is Cc1ccc(C(O)(CC(=O)N(C)O)c2ccc(N(C)C)cc2)cc1. The maximum Gasteiger partial charge on any atom is 0.249 e. The molecule has 1 amide bonds. The standard InChI is InChI=1S/C19H24N2O3/c1-14-5-7-15(8-6-14)19(23,13-18(22)21(4)24)16-9-11-17(12-10-16)20(2)3/h5-12,23-24H,13H2,1-4H3. The first-order valence-electron chi connectivity index (χ1n) is 7.77. The number of aryl methyl sites for hydroxylation is 1. The Hall–Kier alpha value is -2.37. The highest BCUT2D eigenvalue weighted by Gasteiger charge is 2.35. The molecular weight excluding hydrogens is 304 g/mol. The van der Waals surface area contributed by atoms with Gasteiger partial charge in [0.15, 0.2) is 0 Å². The molecule has 1 unspecified atom stereocenters. The van der Waals surface area contributed by atoms with Crippen molar-refractivity contribution in [2.45, 2.75) is 18.9 Å². The first-order valence-corrected chi connectivity index (χ1v) is 7.77. The van der Waals surface area contributed by atoms with E-state index in [0.717, 1.165) is 11.3 Å². The second kappa shape index (κ2) is 7.03. The molecule has 24 heavy (non-hydrogen) atoms. The minimum atomic E-state index is -1.51. The summed E-state index contributed by atoms with van der Waals surface area (Å²) in [5.41, 5.74) is 1.77. The second-order valence-electron chi connectivity index (χ2n) is 6.26. The first kappa shape index (κ1) is 18.0. The molecule has 5 heteroatoms. The Morgan fingerprint density at radius 3 is 1.83 bits per heavy atom. The summed E-state index contributed by atoms with van der Waals surface area (Å²) in [6, 6.07) is 14.8. The first-order chi connectivity index (χ1) is 11.2. The van der Waals surface area contributed by atoms with Crippen LogP contribution in [0.1, 0.15) is 23.1 Å². The van der Waals surface area contributed by atoms with Gasteiger partial charge >= 0.3 is 0 Å². The van der Waals surface area contributed by atoms with Gasteiger partial charge in [0.05, 0.1) is 6.42 Å². The van der Waals surface area contributed by atoms with Gasteiger partial charge in [-0.25, -0.2) is 5.06 Å². The highest BCUT2D eigenvalue weighted by molar-refractivity contribution is 5.77. The van der Waals surface area contributed by atoms with Gasteiger partial charge in [-0.3, -0.25) is 10.0 Å². The smallest absolute Gasteiger partial charge is 0.249 e. The van der Waals surface area contributed by atoms with Crippen LogP contribution in [-0.4, -0.2) is 42.4 Å². The summed E-state index contributed by atoms with van der Waals surface area (Å²) in [5, 5.41) is 21.2. The molecule has 2 aromatic rings. The molecule has 5 nitrogen and oxygen atoms in total. The van der Waals surface area contributed by atoms with Gasteiger partial charge in [-0.15, -0.1) is 0 Å². The Labute approximate surface area is 142 Å². The average molecular weight is 328 g/mol. The lowest BCUT2D eigenvalue weighted by atomic mass is 9.83. The van der Waals surface area contributed by atoms with E-state index in [1.165, 1.54) is 7.05 Å². The van der Waals surface area contributed by atoms with Crippen molar-refractivity contribution < 1.29 is 15.1 Å². The number of aliphatic hydroxyl groups is 1. The van der Waals surface area contributed by atoms with Gasteiger partial charge in [0.1, 0.15) is 5.60 Å². The van der Waals surface area contributed by atoms with Gasteiger partial charge in [-0.05, 0) is 30.2 Å². The topological polar surface area (TPSA) is 64.0 Å². The van der Waals surface area contributed by atoms with Crippen LogP contribution >= 0.6 is 0 Å². The van der Waals surface area contributed by atoms with Gasteiger partial charge < -0.3 is 10.0 Å². The molecule has 0 saturated heterocycles. The highest BCUT2D eigenvalue weighted by atomic mass is 16.5. The third-order valence-electron chi connectivity index (χ3n) is 4.16. The summed E-state index contributed by atoms with van der Waals surface area (Å²) in [7, 11) is 5.13. The van der Waals surface area contributed by atoms with Crippen LogP contribution in [0.3, 0.4) is 0 Å². The molecule has 2 rings (SSSR count). The quantitative estimate of drug-likeness (QED) is 0.654. The van der Waals surface area contributed by atoms with Crippen molar-refractivity contribution in [3.8, 4) is 0 Å². The zero-order valence-corrected chi connectivity index (χ0v) is 14.5. The number of carbonyl (C=O) groups is 1. The lowest BCUT2D eigenvalue weighted by Crippen LogP contribution is -2.35. The van der Waals surface area contributed by atoms with E-state index < -0.39 is 11.5 Å². The van der Waals surface area contributed by atoms with Crippen molar-refractivity contribution in [2.75, 3.05) is 26.0 Å². The predicted octanol–water partition coefficient (Wildman–Crippen LogP) is 2.53. The van der Waals surface area contributed by atoms with Crippen LogP contribution in [0.15, 0.2) is 48.5 Å². The molecule has 1 atom stereocenters. The molecule has 128 valence electrons. The fourth-order valence-corrected chi connectivity index (χ4v) is 2.57. The number of hydrogen-bond acceptors (Lipinski definition) is 4. The summed E-state index contributed by atoms with van der Waals surface area (Å²) in [6.45, 7) is 1.96. The van der Waals surface area contributed by atoms with Crippen molar-refractivity contribution in [2.24, 2.45) is 0 Å². The highest BCUT2D eigenvalue weighted by Crippen LogP contribution is 2.34. The summed E-state index contributed by atoms with van der Waals surface area (Å²) < 4.78 is 0. The van der Waals surface area contributed by atoms with Gasteiger partial charge in [-0.2, -0.15) is 0 Å². The van der Waals surface area contributed by atoms with E-state index in [1.54, 1.807) is 24.3 Å². The Morgan fingerprint density at radius 2 is 1.42 bits per heavy atom. The van der Waals surface area contributed by atoms with Crippen molar-refractivity contribution in [3.63, 3.8) is 0 Å². The van der Waals surface area contributed by atoms with Crippen LogP contribution in [0.2, 0.25) is 0 Å². The maximum absolute atomic E-state index is 12.1. The van der Waals surface area contributed by atoms with E-state index in [4.69, 9.17) is 0 Å². The summed E-state index contributed by atoms with van der Waals surface area (Å²) in [5.74, 6) is -0.560. The van der Waals surface area contributed by atoms with Crippen molar-refractivity contribution >= 4 is 11.6 Å². The number of rotatable bonds is 5. The Morgan fingerprint density at radius 1 is 0.958 bits per heavy atom. The van der Waals surface area contributed by atoms with Gasteiger partial charge in [-0.1, -0.05) is 42.0 Å². The zero-order valence-electron chi connectivity index (χ0n) is 14.5. The molecule has 0 aliphatic carbocycles. The molecule has 0 fully saturated rings. The minimum absolute atomic E-state index is 0.246. The van der Waals surface area contributed by atoms with Crippen LogP contribution in [0.25, 0.3) is 0 Å². The largest absolute Gasteiger partial charge is 0.380 e. The molecule has 0 aliphatic rings. The van der Waals surface area contributed by atoms with E-state index in [0.29, 0.717) is 16.2 Å². The molecule has 0 spiro atoms. The van der Waals surface area contributed by atoms with E-state index in [2.05, 4.69) is 0 Å². The molecule has 0 heterocycles. The summed E-state index contributed by atoms with van der Waals surface area (Å²) in [6.07, 6.45) is -0.246. The summed E-state index contributed by atoms with van der Waals surface area (Å²) >= 11 is 0. The normalized spacial score (nSPS) is 13.2. The summed E-state index contributed by atoms with van der Waals surface area (Å²) in [4.78, 5) is 14.0. The van der Waals surface area contributed by atoms with E-state index in [-0.39, 0.29) is 6.42 Å². The number of anilines is 1. The van der Waals surface area contributed by atoms with Gasteiger partial charge in [0.2, 0.25) is 5.91 Å². The van der Waals surface area contributed by atoms with E-state index in [9.17, 15) is 15.1 Å². The molecule has 0 aromatic heterocycles. The van der Waals surface area contributed by atoms with Crippen molar-refractivity contribution in [3.05, 3.63) is 65.2 Å². The zero-order chi connectivity index (χ0) is 17.9. The minimum Gasteiger partial charge on any atom is -0.380 e. The third-order valence-corrected chi connectivity index (χ3v) is 4.16. The van der Waals surface area contributed by atoms with Crippen LogP contribution in [0.4, 0.5) is 5.69 Å². The van der Waals surface area contributed by atoms with Crippen molar-refractivity contribution in [1.29, 1.82) is 0 Å². The Kier molecular flexibility index (Phi) is 5.26. The average Bonchev–Trinajstić information content (AvgIpc) is 2.55. The van der Waals surface area contributed by atoms with Gasteiger partial charge in [0.25, 0.3) is 0 Å². The number of benzene rings is 2. The predicted molar refractivity (Wildman–Crippen MR) is 94.1 cm³/mol. The molecule has 0 aliphatic heterocycles. The van der Waals surface area contributed by atoms with Crippen LogP contribution in [-0.2, 0) is 10.4 Å². The number of nitrogens with zero attached hydrogens (tertiary/aromatic N) is 2. The van der Waals surface area contributed by atoms with Crippen LogP contribution < -0.4 is 4.90 Å². The molecule has 0 saturated carbocycles. The molecule has 0 bridgehead atoms. The number of hydrogen-bond donors (Lipinski definition) is 2. The molecule has 2 aromatic carbocycles. The Balaban J connectivity index is 2.49. The van der Waals surface area contributed by atoms with Crippen LogP contribution in [0, 0.1) is 6.92 Å². The molecular formula is C19H24N2O3. The van der Waals surface area contributed by atoms with Gasteiger partial charge in [0, 0.05) is 26.8 Å². The van der Waals surface area contributed by atoms with E-state index in [1.807, 2.05) is 50.2 Å². The van der Waals surface area contributed by atoms with Crippen LogP contribution in [0.5, 0.6) is 0 Å². The monoisotopic (exact) mass is 328 g/mol. The fourth-order valence-electron chi connectivity index (χ4n) is 2.57. The molecule has 0 radical (unpaired) electrons. The molecule has 2 N–H and O–H groups in total. The second-order valence-corrected chi connectivity index (χ2v) is 6.26. The Bertz CT molecular complexity index is 694. The fraction of sp³-hybridized carbons (Fsp3) is 0.316.